The molecular weight excluding hydrogens is 378 g/mol. The van der Waals surface area contributed by atoms with E-state index in [4.69, 9.17) is 11.6 Å². The first kappa shape index (κ1) is 18.3. The van der Waals surface area contributed by atoms with Crippen LogP contribution in [0.5, 0.6) is 0 Å². The molecule has 1 aliphatic rings. The minimum Gasteiger partial charge on any atom is -0.356 e. The maximum absolute atomic E-state index is 12.7. The standard InChI is InChI=1S/C21H22ClN3OS/c1-13-11-16(22)3-4-18(13)24-21(26)15-6-9-25(10-7-15)20-17-12-14(2)27-19(17)5-8-23-20/h3-5,8,11-12,15H,6-7,9-10H2,1-2H3,(H,24,26). The van der Waals surface area contributed by atoms with Crippen molar-refractivity contribution in [2.24, 2.45) is 5.92 Å². The van der Waals surface area contributed by atoms with Crippen molar-refractivity contribution in [1.82, 2.24) is 4.98 Å². The van der Waals surface area contributed by atoms with Gasteiger partial charge < -0.3 is 10.2 Å². The Kier molecular flexibility index (Phi) is 5.06. The number of amides is 1. The van der Waals surface area contributed by atoms with Crippen LogP contribution < -0.4 is 10.2 Å². The van der Waals surface area contributed by atoms with Crippen LogP contribution in [-0.4, -0.2) is 24.0 Å². The lowest BCUT2D eigenvalue weighted by atomic mass is 9.95. The van der Waals surface area contributed by atoms with Crippen molar-refractivity contribution in [3.63, 3.8) is 0 Å². The fraction of sp³-hybridized carbons (Fsp3) is 0.333. The summed E-state index contributed by atoms with van der Waals surface area (Å²) in [6.07, 6.45) is 3.55. The molecular formula is C21H22ClN3OS. The summed E-state index contributed by atoms with van der Waals surface area (Å²) in [6, 6.07) is 9.83. The van der Waals surface area contributed by atoms with Gasteiger partial charge in [0, 0.05) is 50.9 Å². The van der Waals surface area contributed by atoms with Gasteiger partial charge in [0.25, 0.3) is 0 Å². The van der Waals surface area contributed by atoms with Gasteiger partial charge in [-0.05, 0) is 62.6 Å². The van der Waals surface area contributed by atoms with Crippen LogP contribution in [0.2, 0.25) is 5.02 Å². The number of aromatic nitrogens is 1. The van der Waals surface area contributed by atoms with Crippen molar-refractivity contribution in [2.45, 2.75) is 26.7 Å². The van der Waals surface area contributed by atoms with Crippen LogP contribution >= 0.6 is 22.9 Å². The Bertz CT molecular complexity index is 992. The van der Waals surface area contributed by atoms with E-state index in [1.807, 2.05) is 31.3 Å². The Balaban J connectivity index is 1.43. The summed E-state index contributed by atoms with van der Waals surface area (Å²) in [5.41, 5.74) is 1.82. The highest BCUT2D eigenvalue weighted by Crippen LogP contribution is 2.33. The predicted octanol–water partition coefficient (Wildman–Crippen LogP) is 5.42. The lowest BCUT2D eigenvalue weighted by molar-refractivity contribution is -0.120. The number of aryl methyl sites for hydroxylation is 2. The van der Waals surface area contributed by atoms with E-state index in [-0.39, 0.29) is 11.8 Å². The molecule has 0 bridgehead atoms. The molecule has 4 rings (SSSR count). The zero-order chi connectivity index (χ0) is 19.0. The summed E-state index contributed by atoms with van der Waals surface area (Å²) in [5, 5.41) is 4.97. The number of hydrogen-bond donors (Lipinski definition) is 1. The number of anilines is 2. The second-order valence-corrected chi connectivity index (χ2v) is 8.84. The lowest BCUT2D eigenvalue weighted by Crippen LogP contribution is -2.38. The third kappa shape index (κ3) is 3.80. The minimum absolute atomic E-state index is 0.0275. The minimum atomic E-state index is 0.0275. The number of hydrogen-bond acceptors (Lipinski definition) is 4. The summed E-state index contributed by atoms with van der Waals surface area (Å²) >= 11 is 7.80. The van der Waals surface area contributed by atoms with E-state index in [1.54, 1.807) is 11.3 Å². The Morgan fingerprint density at radius 2 is 2.00 bits per heavy atom. The highest BCUT2D eigenvalue weighted by atomic mass is 35.5. The molecule has 27 heavy (non-hydrogen) atoms. The molecule has 0 spiro atoms. The Labute approximate surface area is 168 Å². The smallest absolute Gasteiger partial charge is 0.227 e. The highest BCUT2D eigenvalue weighted by molar-refractivity contribution is 7.19. The summed E-state index contributed by atoms with van der Waals surface area (Å²) < 4.78 is 1.27. The monoisotopic (exact) mass is 399 g/mol. The molecule has 1 fully saturated rings. The first-order valence-electron chi connectivity index (χ1n) is 9.18. The van der Waals surface area contributed by atoms with Gasteiger partial charge in [-0.2, -0.15) is 0 Å². The molecule has 1 saturated heterocycles. The fourth-order valence-electron chi connectivity index (χ4n) is 3.68. The summed E-state index contributed by atoms with van der Waals surface area (Å²) in [6.45, 7) is 5.78. The Morgan fingerprint density at radius 1 is 1.22 bits per heavy atom. The molecule has 1 N–H and O–H groups in total. The van der Waals surface area contributed by atoms with Gasteiger partial charge in [0.05, 0.1) is 0 Å². The summed E-state index contributed by atoms with van der Waals surface area (Å²) in [5.74, 6) is 1.17. The van der Waals surface area contributed by atoms with E-state index in [9.17, 15) is 4.79 Å². The molecule has 1 aromatic carbocycles. The average molecular weight is 400 g/mol. The number of carbonyl (C=O) groups is 1. The van der Waals surface area contributed by atoms with Crippen LogP contribution in [0, 0.1) is 19.8 Å². The zero-order valence-electron chi connectivity index (χ0n) is 15.5. The lowest BCUT2D eigenvalue weighted by Gasteiger charge is -2.32. The largest absolute Gasteiger partial charge is 0.356 e. The molecule has 1 aliphatic heterocycles. The number of pyridine rings is 1. The molecule has 0 aliphatic carbocycles. The molecule has 0 saturated carbocycles. The van der Waals surface area contributed by atoms with Crippen LogP contribution in [0.25, 0.3) is 10.1 Å². The third-order valence-corrected chi connectivity index (χ3v) is 6.41. The average Bonchev–Trinajstić information content (AvgIpc) is 3.04. The van der Waals surface area contributed by atoms with Crippen LogP contribution in [-0.2, 0) is 4.79 Å². The molecule has 140 valence electrons. The van der Waals surface area contributed by atoms with Gasteiger partial charge >= 0.3 is 0 Å². The quantitative estimate of drug-likeness (QED) is 0.639. The van der Waals surface area contributed by atoms with Crippen LogP contribution in [0.15, 0.2) is 36.5 Å². The van der Waals surface area contributed by atoms with E-state index in [0.717, 1.165) is 43.0 Å². The molecule has 0 radical (unpaired) electrons. The van der Waals surface area contributed by atoms with Gasteiger partial charge in [0.15, 0.2) is 0 Å². The van der Waals surface area contributed by atoms with Crippen molar-refractivity contribution in [3.8, 4) is 0 Å². The van der Waals surface area contributed by atoms with Crippen molar-refractivity contribution in [2.75, 3.05) is 23.3 Å². The van der Waals surface area contributed by atoms with Gasteiger partial charge in [0.2, 0.25) is 5.91 Å². The molecule has 0 unspecified atom stereocenters. The molecule has 3 heterocycles. The van der Waals surface area contributed by atoms with Gasteiger partial charge in [-0.1, -0.05) is 11.6 Å². The second kappa shape index (κ2) is 7.49. The molecule has 3 aromatic rings. The zero-order valence-corrected chi connectivity index (χ0v) is 17.0. The number of thiophene rings is 1. The third-order valence-electron chi connectivity index (χ3n) is 5.16. The van der Waals surface area contributed by atoms with Crippen molar-refractivity contribution < 1.29 is 4.79 Å². The number of benzene rings is 1. The second-order valence-electron chi connectivity index (χ2n) is 7.11. The Hall–Kier alpha value is -2.11. The molecule has 2 aromatic heterocycles. The number of fused-ring (bicyclic) bond motifs is 1. The first-order valence-corrected chi connectivity index (χ1v) is 10.4. The molecule has 1 amide bonds. The van der Waals surface area contributed by atoms with E-state index in [0.29, 0.717) is 5.02 Å². The SMILES string of the molecule is Cc1cc2c(N3CCC(C(=O)Nc4ccc(Cl)cc4C)CC3)nccc2s1. The van der Waals surface area contributed by atoms with Crippen LogP contribution in [0.4, 0.5) is 11.5 Å². The van der Waals surface area contributed by atoms with Gasteiger partial charge in [-0.25, -0.2) is 4.98 Å². The van der Waals surface area contributed by atoms with E-state index < -0.39 is 0 Å². The number of carbonyl (C=O) groups excluding carboxylic acids is 1. The fourth-order valence-corrected chi connectivity index (χ4v) is 4.82. The maximum atomic E-state index is 12.7. The highest BCUT2D eigenvalue weighted by Gasteiger charge is 2.26. The topological polar surface area (TPSA) is 45.2 Å². The van der Waals surface area contributed by atoms with E-state index in [2.05, 4.69) is 34.3 Å². The van der Waals surface area contributed by atoms with E-state index >= 15 is 0 Å². The number of nitrogens with one attached hydrogen (secondary N) is 1. The number of piperidine rings is 1. The predicted molar refractivity (Wildman–Crippen MR) is 114 cm³/mol. The van der Waals surface area contributed by atoms with Crippen molar-refractivity contribution in [1.29, 1.82) is 0 Å². The normalized spacial score (nSPS) is 15.3. The number of halogens is 1. The molecule has 6 heteroatoms. The van der Waals surface area contributed by atoms with Crippen molar-refractivity contribution in [3.05, 3.63) is 52.0 Å². The number of rotatable bonds is 3. The Morgan fingerprint density at radius 3 is 2.74 bits per heavy atom. The summed E-state index contributed by atoms with van der Waals surface area (Å²) in [7, 11) is 0. The maximum Gasteiger partial charge on any atom is 0.227 e. The molecule has 4 nitrogen and oxygen atoms in total. The molecule has 0 atom stereocenters. The van der Waals surface area contributed by atoms with Crippen LogP contribution in [0.1, 0.15) is 23.3 Å². The number of nitrogens with zero attached hydrogens (tertiary/aromatic N) is 2. The first-order chi connectivity index (χ1) is 13.0. The van der Waals surface area contributed by atoms with Gasteiger partial charge in [-0.3, -0.25) is 4.79 Å². The van der Waals surface area contributed by atoms with Crippen LogP contribution in [0.3, 0.4) is 0 Å². The van der Waals surface area contributed by atoms with Gasteiger partial charge in [-0.15, -0.1) is 11.3 Å². The van der Waals surface area contributed by atoms with E-state index in [1.165, 1.54) is 15.0 Å². The van der Waals surface area contributed by atoms with Gasteiger partial charge in [0.1, 0.15) is 5.82 Å². The van der Waals surface area contributed by atoms with Crippen molar-refractivity contribution >= 4 is 50.4 Å². The summed E-state index contributed by atoms with van der Waals surface area (Å²) in [4.78, 5) is 20.9.